The Kier molecular flexibility index (Phi) is 2.66. The van der Waals surface area contributed by atoms with Gasteiger partial charge in [0.25, 0.3) is 0 Å². The van der Waals surface area contributed by atoms with Crippen LogP contribution in [0, 0.1) is 5.82 Å². The van der Waals surface area contributed by atoms with Gasteiger partial charge in [-0.1, -0.05) is 0 Å². The van der Waals surface area contributed by atoms with Crippen LogP contribution in [0.25, 0.3) is 20.4 Å². The molecule has 0 fully saturated rings. The molecule has 5 heteroatoms. The minimum absolute atomic E-state index is 0.309. The van der Waals surface area contributed by atoms with Crippen LogP contribution in [0.2, 0.25) is 0 Å². The van der Waals surface area contributed by atoms with Crippen molar-refractivity contribution >= 4 is 43.0 Å². The highest BCUT2D eigenvalue weighted by atomic mass is 32.1. The van der Waals surface area contributed by atoms with Crippen molar-refractivity contribution in [3.8, 4) is 0 Å². The van der Waals surface area contributed by atoms with Crippen LogP contribution in [0.3, 0.4) is 0 Å². The average molecular weight is 304 g/mol. The number of furan rings is 1. The van der Waals surface area contributed by atoms with Gasteiger partial charge in [0.1, 0.15) is 23.3 Å². The number of aliphatic hydroxyl groups is 1. The lowest BCUT2D eigenvalue weighted by Crippen LogP contribution is -1.93. The van der Waals surface area contributed by atoms with Crippen molar-refractivity contribution in [3.63, 3.8) is 0 Å². The summed E-state index contributed by atoms with van der Waals surface area (Å²) in [4.78, 5) is 0.839. The van der Waals surface area contributed by atoms with Gasteiger partial charge in [-0.15, -0.1) is 22.7 Å². The molecule has 1 unspecified atom stereocenters. The zero-order valence-corrected chi connectivity index (χ0v) is 11.8. The molecule has 0 aliphatic heterocycles. The Morgan fingerprint density at radius 3 is 2.85 bits per heavy atom. The van der Waals surface area contributed by atoms with Crippen LogP contribution in [-0.4, -0.2) is 5.11 Å². The van der Waals surface area contributed by atoms with Gasteiger partial charge in [0, 0.05) is 19.7 Å². The zero-order valence-electron chi connectivity index (χ0n) is 10.2. The Labute approximate surface area is 121 Å². The lowest BCUT2D eigenvalue weighted by Gasteiger charge is -2.03. The van der Waals surface area contributed by atoms with Crippen molar-refractivity contribution in [3.05, 3.63) is 58.2 Å². The molecule has 0 saturated carbocycles. The van der Waals surface area contributed by atoms with Crippen molar-refractivity contribution in [2.45, 2.75) is 6.10 Å². The number of halogens is 1. The van der Waals surface area contributed by atoms with E-state index in [2.05, 4.69) is 0 Å². The van der Waals surface area contributed by atoms with Crippen LogP contribution < -0.4 is 0 Å². The van der Waals surface area contributed by atoms with Gasteiger partial charge in [0.15, 0.2) is 0 Å². The number of rotatable bonds is 2. The first-order valence-corrected chi connectivity index (χ1v) is 7.74. The first-order valence-electron chi connectivity index (χ1n) is 6.05. The van der Waals surface area contributed by atoms with E-state index in [0.29, 0.717) is 16.7 Å². The number of thiophene rings is 2. The summed E-state index contributed by atoms with van der Waals surface area (Å²) < 4.78 is 21.1. The maximum Gasteiger partial charge on any atom is 0.146 e. The Hall–Kier alpha value is -1.69. The van der Waals surface area contributed by atoms with Crippen LogP contribution in [-0.2, 0) is 0 Å². The topological polar surface area (TPSA) is 33.4 Å². The van der Waals surface area contributed by atoms with Gasteiger partial charge >= 0.3 is 0 Å². The van der Waals surface area contributed by atoms with Gasteiger partial charge in [-0.3, -0.25) is 0 Å². The molecule has 3 aromatic heterocycles. The lowest BCUT2D eigenvalue weighted by molar-refractivity contribution is 0.196. The molecule has 1 aromatic carbocycles. The fraction of sp³-hybridized carbons (Fsp3) is 0.0667. The highest BCUT2D eigenvalue weighted by Crippen LogP contribution is 2.37. The number of fused-ring (bicyclic) bond motifs is 2. The average Bonchev–Trinajstić information content (AvgIpc) is 3.10. The fourth-order valence-corrected chi connectivity index (χ4v) is 4.34. The smallest absolute Gasteiger partial charge is 0.146 e. The highest BCUT2D eigenvalue weighted by Gasteiger charge is 2.18. The molecule has 0 radical (unpaired) electrons. The number of aliphatic hydroxyl groups excluding tert-OH is 1. The molecule has 100 valence electrons. The summed E-state index contributed by atoms with van der Waals surface area (Å²) in [6.07, 6.45) is -0.810. The zero-order chi connectivity index (χ0) is 13.7. The summed E-state index contributed by atoms with van der Waals surface area (Å²) in [6, 6.07) is 10.0. The normalized spacial score (nSPS) is 13.3. The molecule has 0 aliphatic carbocycles. The van der Waals surface area contributed by atoms with Crippen molar-refractivity contribution in [1.29, 1.82) is 0 Å². The highest BCUT2D eigenvalue weighted by molar-refractivity contribution is 7.26. The van der Waals surface area contributed by atoms with Gasteiger partial charge in [-0.25, -0.2) is 4.39 Å². The molecule has 2 nitrogen and oxygen atoms in total. The molecule has 0 spiro atoms. The van der Waals surface area contributed by atoms with Crippen LogP contribution in [0.4, 0.5) is 4.39 Å². The van der Waals surface area contributed by atoms with Gasteiger partial charge < -0.3 is 9.52 Å². The largest absolute Gasteiger partial charge is 0.458 e. The van der Waals surface area contributed by atoms with E-state index < -0.39 is 6.10 Å². The molecule has 4 aromatic rings. The van der Waals surface area contributed by atoms with E-state index in [1.807, 2.05) is 17.5 Å². The Morgan fingerprint density at radius 2 is 2.00 bits per heavy atom. The molecular weight excluding hydrogens is 295 g/mol. The van der Waals surface area contributed by atoms with Gasteiger partial charge in [0.05, 0.1) is 0 Å². The Balaban J connectivity index is 1.79. The van der Waals surface area contributed by atoms with E-state index in [4.69, 9.17) is 4.42 Å². The van der Waals surface area contributed by atoms with Crippen molar-refractivity contribution in [2.24, 2.45) is 0 Å². The number of hydrogen-bond donors (Lipinski definition) is 1. The van der Waals surface area contributed by atoms with Crippen LogP contribution in [0.5, 0.6) is 0 Å². The second-order valence-electron chi connectivity index (χ2n) is 4.53. The summed E-state index contributed by atoms with van der Waals surface area (Å²) in [7, 11) is 0. The molecule has 0 saturated heterocycles. The van der Waals surface area contributed by atoms with E-state index in [9.17, 15) is 9.50 Å². The fourth-order valence-electron chi connectivity index (χ4n) is 2.23. The third-order valence-corrected chi connectivity index (χ3v) is 5.34. The monoisotopic (exact) mass is 304 g/mol. The van der Waals surface area contributed by atoms with Crippen molar-refractivity contribution in [2.75, 3.05) is 0 Å². The Morgan fingerprint density at radius 1 is 1.10 bits per heavy atom. The second-order valence-corrected chi connectivity index (χ2v) is 6.59. The summed E-state index contributed by atoms with van der Waals surface area (Å²) in [5.41, 5.74) is 0.582. The van der Waals surface area contributed by atoms with E-state index in [-0.39, 0.29) is 5.82 Å². The maximum absolute atomic E-state index is 13.2. The minimum Gasteiger partial charge on any atom is -0.458 e. The molecule has 0 bridgehead atoms. The predicted molar refractivity (Wildman–Crippen MR) is 79.9 cm³/mol. The molecule has 20 heavy (non-hydrogen) atoms. The first-order chi connectivity index (χ1) is 9.70. The molecular formula is C15H9FO2S2. The van der Waals surface area contributed by atoms with Gasteiger partial charge in [-0.2, -0.15) is 0 Å². The maximum atomic E-state index is 13.2. The van der Waals surface area contributed by atoms with Crippen LogP contribution in [0.1, 0.15) is 16.7 Å². The summed E-state index contributed by atoms with van der Waals surface area (Å²) in [6.45, 7) is 0. The van der Waals surface area contributed by atoms with Crippen molar-refractivity contribution in [1.82, 2.24) is 0 Å². The molecule has 0 amide bonds. The summed E-state index contributed by atoms with van der Waals surface area (Å²) in [5, 5.41) is 13.1. The molecule has 3 heterocycles. The van der Waals surface area contributed by atoms with Crippen LogP contribution >= 0.6 is 22.7 Å². The van der Waals surface area contributed by atoms with Crippen LogP contribution in [0.15, 0.2) is 46.2 Å². The van der Waals surface area contributed by atoms with E-state index in [1.54, 1.807) is 34.8 Å². The number of benzene rings is 1. The van der Waals surface area contributed by atoms with Gasteiger partial charge in [0.2, 0.25) is 0 Å². The molecule has 1 N–H and O–H groups in total. The first kappa shape index (κ1) is 12.1. The molecule has 0 aliphatic rings. The second kappa shape index (κ2) is 4.41. The Bertz CT molecular complexity index is 874. The summed E-state index contributed by atoms with van der Waals surface area (Å²) >= 11 is 3.19. The van der Waals surface area contributed by atoms with Gasteiger partial charge in [-0.05, 0) is 41.8 Å². The van der Waals surface area contributed by atoms with E-state index in [1.165, 1.54) is 12.1 Å². The third-order valence-electron chi connectivity index (χ3n) is 3.19. The van der Waals surface area contributed by atoms with E-state index in [0.717, 1.165) is 14.3 Å². The number of hydrogen-bond acceptors (Lipinski definition) is 4. The SMILES string of the molecule is OC(c1cc2cc(F)ccc2o1)c1cc2sccc2s1. The lowest BCUT2D eigenvalue weighted by atomic mass is 10.2. The predicted octanol–water partition coefficient (Wildman–Crippen LogP) is 4.93. The molecule has 4 rings (SSSR count). The summed E-state index contributed by atoms with van der Waals surface area (Å²) in [5.74, 6) is 0.135. The minimum atomic E-state index is -0.810. The third kappa shape index (κ3) is 1.86. The molecule has 1 atom stereocenters. The standard InChI is InChI=1S/C15H9FO2S2/c16-9-1-2-10-8(5-9)6-11(18-10)15(17)14-7-13-12(20-14)3-4-19-13/h1-7,15,17H. The van der Waals surface area contributed by atoms with Crippen molar-refractivity contribution < 1.29 is 13.9 Å². The quantitative estimate of drug-likeness (QED) is 0.569. The van der Waals surface area contributed by atoms with E-state index >= 15 is 0 Å².